The number of hydrogen-bond acceptors (Lipinski definition) is 3. The van der Waals surface area contributed by atoms with Gasteiger partial charge in [0.2, 0.25) is 0 Å². The monoisotopic (exact) mass is 267 g/mol. The third kappa shape index (κ3) is 3.01. The van der Waals surface area contributed by atoms with E-state index >= 15 is 0 Å². The van der Waals surface area contributed by atoms with Crippen molar-refractivity contribution in [2.75, 3.05) is 0 Å². The van der Waals surface area contributed by atoms with E-state index in [-0.39, 0.29) is 6.42 Å². The smallest absolute Gasteiger partial charge is 0.303 e. The number of hydrogen-bond donors (Lipinski definition) is 1. The first-order valence-electron chi connectivity index (χ1n) is 5.62. The first-order valence-corrected chi connectivity index (χ1v) is 6.00. The molecule has 2 rings (SSSR count). The molecule has 0 saturated heterocycles. The molecule has 18 heavy (non-hydrogen) atoms. The van der Waals surface area contributed by atoms with Crippen LogP contribution in [0.15, 0.2) is 22.6 Å². The Morgan fingerprint density at radius 3 is 2.89 bits per heavy atom. The van der Waals surface area contributed by atoms with Gasteiger partial charge >= 0.3 is 5.97 Å². The summed E-state index contributed by atoms with van der Waals surface area (Å²) in [5.41, 5.74) is 0.973. The molecule has 0 saturated carbocycles. The van der Waals surface area contributed by atoms with Crippen molar-refractivity contribution in [3.05, 3.63) is 29.1 Å². The van der Waals surface area contributed by atoms with Gasteiger partial charge in [0.1, 0.15) is 5.52 Å². The lowest BCUT2D eigenvalue weighted by Gasteiger charge is -2.19. The fraction of sp³-hybridized carbons (Fsp3) is 0.385. The molecule has 1 aromatic heterocycles. The summed E-state index contributed by atoms with van der Waals surface area (Å²) in [6.45, 7) is 3.76. The third-order valence-corrected chi connectivity index (χ3v) is 2.89. The Kier molecular flexibility index (Phi) is 3.30. The summed E-state index contributed by atoms with van der Waals surface area (Å²) in [6, 6.07) is 5.23. The highest BCUT2D eigenvalue weighted by Gasteiger charge is 2.24. The summed E-state index contributed by atoms with van der Waals surface area (Å²) in [6.07, 6.45) is 0.554. The van der Waals surface area contributed by atoms with Crippen LogP contribution >= 0.6 is 11.6 Å². The van der Waals surface area contributed by atoms with Crippen molar-refractivity contribution in [1.82, 2.24) is 4.98 Å². The molecule has 0 bridgehead atoms. The lowest BCUT2D eigenvalue weighted by molar-refractivity contribution is -0.139. The minimum atomic E-state index is -0.820. The summed E-state index contributed by atoms with van der Waals surface area (Å²) in [5, 5.41) is 9.44. The predicted molar refractivity (Wildman–Crippen MR) is 68.8 cm³/mol. The molecule has 4 nitrogen and oxygen atoms in total. The van der Waals surface area contributed by atoms with Crippen molar-refractivity contribution in [1.29, 1.82) is 0 Å². The van der Waals surface area contributed by atoms with E-state index in [1.165, 1.54) is 0 Å². The van der Waals surface area contributed by atoms with Gasteiger partial charge in [0.15, 0.2) is 11.5 Å². The summed E-state index contributed by atoms with van der Waals surface area (Å²) < 4.78 is 5.58. The van der Waals surface area contributed by atoms with E-state index < -0.39 is 11.4 Å². The van der Waals surface area contributed by atoms with Gasteiger partial charge in [-0.2, -0.15) is 0 Å². The maximum atomic E-state index is 10.8. The summed E-state index contributed by atoms with van der Waals surface area (Å²) in [5.74, 6) is -0.280. The van der Waals surface area contributed by atoms with Crippen LogP contribution in [0.25, 0.3) is 11.1 Å². The van der Waals surface area contributed by atoms with Gasteiger partial charge in [0, 0.05) is 11.4 Å². The van der Waals surface area contributed by atoms with Crippen LogP contribution in [0.5, 0.6) is 0 Å². The Balaban J connectivity index is 2.24. The SMILES string of the molecule is CC(C)(CC(=O)O)Cc1nc2cc(Cl)ccc2o1. The van der Waals surface area contributed by atoms with Crippen LogP contribution in [-0.2, 0) is 11.2 Å². The number of oxazole rings is 1. The largest absolute Gasteiger partial charge is 0.481 e. The topological polar surface area (TPSA) is 63.3 Å². The molecule has 1 heterocycles. The summed E-state index contributed by atoms with van der Waals surface area (Å²) in [7, 11) is 0. The molecule has 1 aromatic carbocycles. The average Bonchev–Trinajstić information content (AvgIpc) is 2.55. The van der Waals surface area contributed by atoms with Crippen LogP contribution in [0.4, 0.5) is 0 Å². The highest BCUT2D eigenvalue weighted by atomic mass is 35.5. The van der Waals surface area contributed by atoms with Gasteiger partial charge in [-0.15, -0.1) is 0 Å². The first kappa shape index (κ1) is 12.9. The number of benzene rings is 1. The van der Waals surface area contributed by atoms with Gasteiger partial charge in [-0.25, -0.2) is 4.98 Å². The lowest BCUT2D eigenvalue weighted by atomic mass is 9.86. The standard InChI is InChI=1S/C13H14ClNO3/c1-13(2,7-12(16)17)6-11-15-9-5-8(14)3-4-10(9)18-11/h3-5H,6-7H2,1-2H3,(H,16,17). The van der Waals surface area contributed by atoms with E-state index in [9.17, 15) is 4.79 Å². The number of nitrogens with zero attached hydrogens (tertiary/aromatic N) is 1. The second-order valence-corrected chi connectivity index (χ2v) is 5.57. The van der Waals surface area contributed by atoms with Gasteiger partial charge < -0.3 is 9.52 Å². The lowest BCUT2D eigenvalue weighted by Crippen LogP contribution is -2.19. The van der Waals surface area contributed by atoms with Crippen LogP contribution < -0.4 is 0 Å². The van der Waals surface area contributed by atoms with Gasteiger partial charge in [-0.05, 0) is 23.6 Å². The van der Waals surface area contributed by atoms with Gasteiger partial charge in [0.25, 0.3) is 0 Å². The second kappa shape index (κ2) is 4.61. The zero-order valence-electron chi connectivity index (χ0n) is 10.2. The van der Waals surface area contributed by atoms with Gasteiger partial charge in [-0.3, -0.25) is 4.79 Å². The number of carbonyl (C=O) groups is 1. The molecule has 0 aliphatic rings. The fourth-order valence-electron chi connectivity index (χ4n) is 1.91. The Hall–Kier alpha value is -1.55. The molecule has 0 radical (unpaired) electrons. The number of carboxylic acids is 1. The molecule has 0 aliphatic heterocycles. The van der Waals surface area contributed by atoms with Crippen LogP contribution in [0.2, 0.25) is 5.02 Å². The number of aliphatic carboxylic acids is 1. The summed E-state index contributed by atoms with van der Waals surface area (Å²) in [4.78, 5) is 15.1. The van der Waals surface area contributed by atoms with Gasteiger partial charge in [-0.1, -0.05) is 25.4 Å². The van der Waals surface area contributed by atoms with Gasteiger partial charge in [0.05, 0.1) is 6.42 Å². The molecule has 0 atom stereocenters. The van der Waals surface area contributed by atoms with Crippen molar-refractivity contribution in [2.24, 2.45) is 5.41 Å². The first-order chi connectivity index (χ1) is 8.35. The van der Waals surface area contributed by atoms with Crippen molar-refractivity contribution in [3.63, 3.8) is 0 Å². The fourth-order valence-corrected chi connectivity index (χ4v) is 2.07. The average molecular weight is 268 g/mol. The highest BCUT2D eigenvalue weighted by molar-refractivity contribution is 6.31. The minimum Gasteiger partial charge on any atom is -0.481 e. The molecule has 0 fully saturated rings. The normalized spacial score (nSPS) is 11.9. The molecule has 1 N–H and O–H groups in total. The quantitative estimate of drug-likeness (QED) is 0.920. The van der Waals surface area contributed by atoms with Crippen molar-refractivity contribution in [3.8, 4) is 0 Å². The second-order valence-electron chi connectivity index (χ2n) is 5.13. The number of aromatic nitrogens is 1. The predicted octanol–water partition coefficient (Wildman–Crippen LogP) is 3.52. The molecule has 2 aromatic rings. The van der Waals surface area contributed by atoms with E-state index in [0.29, 0.717) is 28.4 Å². The number of fused-ring (bicyclic) bond motifs is 1. The van der Waals surface area contributed by atoms with E-state index in [1.54, 1.807) is 18.2 Å². The van der Waals surface area contributed by atoms with E-state index in [4.69, 9.17) is 21.1 Å². The molecule has 96 valence electrons. The Morgan fingerprint density at radius 2 is 2.22 bits per heavy atom. The maximum Gasteiger partial charge on any atom is 0.303 e. The minimum absolute atomic E-state index is 0.0759. The van der Waals surface area contributed by atoms with Crippen molar-refractivity contribution in [2.45, 2.75) is 26.7 Å². The van der Waals surface area contributed by atoms with Crippen LogP contribution in [0.3, 0.4) is 0 Å². The van der Waals surface area contributed by atoms with E-state index in [2.05, 4.69) is 4.98 Å². The highest BCUT2D eigenvalue weighted by Crippen LogP contribution is 2.28. The molecule has 0 spiro atoms. The molecule has 0 unspecified atom stereocenters. The third-order valence-electron chi connectivity index (χ3n) is 2.65. The Labute approximate surface area is 110 Å². The maximum absolute atomic E-state index is 10.8. The Morgan fingerprint density at radius 1 is 1.50 bits per heavy atom. The molecular formula is C13H14ClNO3. The molecule has 5 heteroatoms. The number of rotatable bonds is 4. The van der Waals surface area contributed by atoms with Crippen LogP contribution in [-0.4, -0.2) is 16.1 Å². The van der Waals surface area contributed by atoms with Crippen LogP contribution in [0, 0.1) is 5.41 Å². The van der Waals surface area contributed by atoms with Crippen LogP contribution in [0.1, 0.15) is 26.2 Å². The zero-order chi connectivity index (χ0) is 13.3. The zero-order valence-corrected chi connectivity index (χ0v) is 11.0. The van der Waals surface area contributed by atoms with E-state index in [0.717, 1.165) is 0 Å². The number of halogens is 1. The number of carboxylic acid groups (broad SMARTS) is 1. The van der Waals surface area contributed by atoms with Crippen molar-refractivity contribution >= 4 is 28.7 Å². The molecule has 0 amide bonds. The molecular weight excluding hydrogens is 254 g/mol. The summed E-state index contributed by atoms with van der Waals surface area (Å²) >= 11 is 5.87. The Bertz CT molecular complexity index is 589. The van der Waals surface area contributed by atoms with E-state index in [1.807, 2.05) is 13.8 Å². The molecule has 0 aliphatic carbocycles. The van der Waals surface area contributed by atoms with Crippen molar-refractivity contribution < 1.29 is 14.3 Å².